The van der Waals surface area contributed by atoms with Crippen molar-refractivity contribution in [1.82, 2.24) is 10.3 Å². The van der Waals surface area contributed by atoms with E-state index in [1.54, 1.807) is 6.20 Å². The van der Waals surface area contributed by atoms with E-state index in [0.29, 0.717) is 24.8 Å². The molecule has 20 heavy (non-hydrogen) atoms. The highest BCUT2D eigenvalue weighted by Gasteiger charge is 2.30. The molecule has 110 valence electrons. The van der Waals surface area contributed by atoms with E-state index in [2.05, 4.69) is 24.1 Å². The van der Waals surface area contributed by atoms with Crippen LogP contribution in [-0.4, -0.2) is 30.1 Å². The van der Waals surface area contributed by atoms with Crippen molar-refractivity contribution >= 4 is 5.91 Å². The van der Waals surface area contributed by atoms with Crippen LogP contribution in [-0.2, 0) is 16.0 Å². The molecule has 2 atom stereocenters. The molecule has 0 spiro atoms. The monoisotopic (exact) mass is 276 g/mol. The quantitative estimate of drug-likeness (QED) is 0.896. The van der Waals surface area contributed by atoms with Crippen LogP contribution in [0.25, 0.3) is 0 Å². The predicted octanol–water partition coefficient (Wildman–Crippen LogP) is 2.11. The van der Waals surface area contributed by atoms with Gasteiger partial charge in [0, 0.05) is 31.0 Å². The lowest BCUT2D eigenvalue weighted by Crippen LogP contribution is -2.35. The van der Waals surface area contributed by atoms with Crippen LogP contribution in [0.1, 0.15) is 31.5 Å². The summed E-state index contributed by atoms with van der Waals surface area (Å²) in [5.74, 6) is 1.00. The standard InChI is InChI=1S/C16H24N2O2/c1-11(2)16-14(6-7-20-16)10-18-15(19)8-13-5-4-12(3)17-9-13/h4-5,9,11,14,16H,6-8,10H2,1-3H3,(H,18,19)/t14-,16+/m0/s1. The number of ether oxygens (including phenoxy) is 1. The molecule has 1 aromatic rings. The van der Waals surface area contributed by atoms with Crippen molar-refractivity contribution < 1.29 is 9.53 Å². The van der Waals surface area contributed by atoms with Crippen molar-refractivity contribution in [1.29, 1.82) is 0 Å². The van der Waals surface area contributed by atoms with Crippen LogP contribution in [0.3, 0.4) is 0 Å². The fourth-order valence-corrected chi connectivity index (χ4v) is 2.71. The van der Waals surface area contributed by atoms with E-state index < -0.39 is 0 Å². The Morgan fingerprint density at radius 2 is 2.30 bits per heavy atom. The Labute approximate surface area is 120 Å². The van der Waals surface area contributed by atoms with Crippen LogP contribution >= 0.6 is 0 Å². The van der Waals surface area contributed by atoms with Gasteiger partial charge in [-0.3, -0.25) is 9.78 Å². The molecule has 1 aliphatic rings. The zero-order valence-corrected chi connectivity index (χ0v) is 12.6. The molecular weight excluding hydrogens is 252 g/mol. The number of aromatic nitrogens is 1. The molecule has 1 N–H and O–H groups in total. The fraction of sp³-hybridized carbons (Fsp3) is 0.625. The molecule has 0 radical (unpaired) electrons. The summed E-state index contributed by atoms with van der Waals surface area (Å²) < 4.78 is 5.73. The fourth-order valence-electron chi connectivity index (χ4n) is 2.71. The zero-order valence-electron chi connectivity index (χ0n) is 12.6. The molecule has 0 unspecified atom stereocenters. The van der Waals surface area contributed by atoms with Gasteiger partial charge >= 0.3 is 0 Å². The van der Waals surface area contributed by atoms with Crippen molar-refractivity contribution in [2.24, 2.45) is 11.8 Å². The molecule has 0 aliphatic carbocycles. The number of carbonyl (C=O) groups excluding carboxylic acids is 1. The molecule has 4 heteroatoms. The van der Waals surface area contributed by atoms with Gasteiger partial charge in [-0.05, 0) is 30.9 Å². The number of amides is 1. The second kappa shape index (κ2) is 6.84. The Morgan fingerprint density at radius 1 is 1.50 bits per heavy atom. The summed E-state index contributed by atoms with van der Waals surface area (Å²) in [4.78, 5) is 16.2. The molecule has 2 heterocycles. The van der Waals surface area contributed by atoms with E-state index in [9.17, 15) is 4.79 Å². The smallest absolute Gasteiger partial charge is 0.224 e. The number of nitrogens with one attached hydrogen (secondary N) is 1. The molecule has 0 aromatic carbocycles. The molecule has 0 bridgehead atoms. The summed E-state index contributed by atoms with van der Waals surface area (Å²) in [7, 11) is 0. The van der Waals surface area contributed by atoms with Crippen LogP contribution < -0.4 is 5.32 Å². The maximum atomic E-state index is 12.0. The molecule has 1 aromatic heterocycles. The zero-order chi connectivity index (χ0) is 14.5. The van der Waals surface area contributed by atoms with E-state index in [0.717, 1.165) is 24.3 Å². The molecular formula is C16H24N2O2. The van der Waals surface area contributed by atoms with Gasteiger partial charge in [-0.25, -0.2) is 0 Å². The van der Waals surface area contributed by atoms with Gasteiger partial charge in [-0.1, -0.05) is 19.9 Å². The van der Waals surface area contributed by atoms with Crippen molar-refractivity contribution in [2.45, 2.75) is 39.7 Å². The number of hydrogen-bond acceptors (Lipinski definition) is 3. The summed E-state index contributed by atoms with van der Waals surface area (Å²) in [6, 6.07) is 3.89. The highest BCUT2D eigenvalue weighted by atomic mass is 16.5. The molecule has 1 fully saturated rings. The van der Waals surface area contributed by atoms with Crippen LogP contribution in [0, 0.1) is 18.8 Å². The third kappa shape index (κ3) is 4.04. The van der Waals surface area contributed by atoms with Gasteiger partial charge in [0.05, 0.1) is 12.5 Å². The van der Waals surface area contributed by atoms with Crippen molar-refractivity contribution in [3.8, 4) is 0 Å². The summed E-state index contributed by atoms with van der Waals surface area (Å²) in [5.41, 5.74) is 1.92. The first-order valence-corrected chi connectivity index (χ1v) is 7.36. The van der Waals surface area contributed by atoms with Crippen LogP contribution in [0.15, 0.2) is 18.3 Å². The maximum Gasteiger partial charge on any atom is 0.224 e. The first-order valence-electron chi connectivity index (χ1n) is 7.36. The van der Waals surface area contributed by atoms with Crippen LogP contribution in [0.5, 0.6) is 0 Å². The van der Waals surface area contributed by atoms with Gasteiger partial charge in [0.15, 0.2) is 0 Å². The number of aryl methyl sites for hydroxylation is 1. The van der Waals surface area contributed by atoms with Gasteiger partial charge in [-0.15, -0.1) is 0 Å². The van der Waals surface area contributed by atoms with Crippen molar-refractivity contribution in [2.75, 3.05) is 13.2 Å². The minimum Gasteiger partial charge on any atom is -0.378 e. The molecule has 4 nitrogen and oxygen atoms in total. The third-order valence-corrected chi connectivity index (χ3v) is 3.82. The van der Waals surface area contributed by atoms with E-state index in [1.165, 1.54) is 0 Å². The van der Waals surface area contributed by atoms with Gasteiger partial charge in [-0.2, -0.15) is 0 Å². The van der Waals surface area contributed by atoms with Crippen LogP contribution in [0.4, 0.5) is 0 Å². The molecule has 0 saturated carbocycles. The number of nitrogens with zero attached hydrogens (tertiary/aromatic N) is 1. The van der Waals surface area contributed by atoms with E-state index >= 15 is 0 Å². The summed E-state index contributed by atoms with van der Waals surface area (Å²) in [5, 5.41) is 3.03. The Morgan fingerprint density at radius 3 is 2.95 bits per heavy atom. The number of rotatable bonds is 5. The van der Waals surface area contributed by atoms with Crippen molar-refractivity contribution in [3.63, 3.8) is 0 Å². The SMILES string of the molecule is Cc1ccc(CC(=O)NC[C@@H]2CCO[C@@H]2C(C)C)cn1. The summed E-state index contributed by atoms with van der Waals surface area (Å²) in [6.45, 7) is 7.80. The normalized spacial score (nSPS) is 22.2. The van der Waals surface area contributed by atoms with E-state index in [-0.39, 0.29) is 12.0 Å². The topological polar surface area (TPSA) is 51.2 Å². The molecule has 1 amide bonds. The Bertz CT molecular complexity index is 442. The lowest BCUT2D eigenvalue weighted by molar-refractivity contribution is -0.120. The average Bonchev–Trinajstić information content (AvgIpc) is 2.88. The van der Waals surface area contributed by atoms with Gasteiger partial charge in [0.25, 0.3) is 0 Å². The van der Waals surface area contributed by atoms with E-state index in [4.69, 9.17) is 4.74 Å². The lowest BCUT2D eigenvalue weighted by Gasteiger charge is -2.22. The molecule has 1 aliphatic heterocycles. The third-order valence-electron chi connectivity index (χ3n) is 3.82. The van der Waals surface area contributed by atoms with Gasteiger partial charge in [0.2, 0.25) is 5.91 Å². The summed E-state index contributed by atoms with van der Waals surface area (Å²) >= 11 is 0. The minimum absolute atomic E-state index is 0.0602. The van der Waals surface area contributed by atoms with Gasteiger partial charge in [0.1, 0.15) is 0 Å². The second-order valence-corrected chi connectivity index (χ2v) is 5.92. The molecule has 1 saturated heterocycles. The first kappa shape index (κ1) is 15.0. The Balaban J connectivity index is 1.79. The number of hydrogen-bond donors (Lipinski definition) is 1. The molecule has 2 rings (SSSR count). The lowest BCUT2D eigenvalue weighted by atomic mass is 9.93. The minimum atomic E-state index is 0.0602. The van der Waals surface area contributed by atoms with Crippen molar-refractivity contribution in [3.05, 3.63) is 29.6 Å². The largest absolute Gasteiger partial charge is 0.378 e. The Kier molecular flexibility index (Phi) is 5.12. The highest BCUT2D eigenvalue weighted by Crippen LogP contribution is 2.26. The number of pyridine rings is 1. The van der Waals surface area contributed by atoms with E-state index in [1.807, 2.05) is 19.1 Å². The number of carbonyl (C=O) groups is 1. The maximum absolute atomic E-state index is 12.0. The predicted molar refractivity (Wildman–Crippen MR) is 78.4 cm³/mol. The Hall–Kier alpha value is -1.42. The average molecular weight is 276 g/mol. The second-order valence-electron chi connectivity index (χ2n) is 5.92. The van der Waals surface area contributed by atoms with Gasteiger partial charge < -0.3 is 10.1 Å². The summed E-state index contributed by atoms with van der Waals surface area (Å²) in [6.07, 6.45) is 3.48. The first-order chi connectivity index (χ1) is 9.56. The van der Waals surface area contributed by atoms with Crippen LogP contribution in [0.2, 0.25) is 0 Å². The highest BCUT2D eigenvalue weighted by molar-refractivity contribution is 5.78.